The van der Waals surface area contributed by atoms with Gasteiger partial charge in [0.15, 0.2) is 11.8 Å². The topological polar surface area (TPSA) is 103 Å². The third-order valence-corrected chi connectivity index (χ3v) is 5.81. The van der Waals surface area contributed by atoms with Crippen LogP contribution in [0.15, 0.2) is 32.8 Å². The summed E-state index contributed by atoms with van der Waals surface area (Å²) in [5.41, 5.74) is -5.37. The van der Waals surface area contributed by atoms with Crippen molar-refractivity contribution in [1.29, 1.82) is 0 Å². The molecular formula is C20H13ClF4N4O5S. The summed E-state index contributed by atoms with van der Waals surface area (Å²) in [6.45, 7) is -0.846. The molecule has 0 bridgehead atoms. The maximum absolute atomic E-state index is 14.7. The number of halogens is 5. The van der Waals surface area contributed by atoms with Gasteiger partial charge in [0.25, 0.3) is 5.56 Å². The number of thioether (sulfide) groups is 1. The molecule has 2 aromatic rings. The Morgan fingerprint density at radius 2 is 1.97 bits per heavy atom. The van der Waals surface area contributed by atoms with E-state index in [2.05, 4.69) is 10.9 Å². The molecule has 1 saturated heterocycles. The van der Waals surface area contributed by atoms with E-state index in [1.165, 1.54) is 0 Å². The number of hydrogen-bond donors (Lipinski definition) is 0. The summed E-state index contributed by atoms with van der Waals surface area (Å²) < 4.78 is 59.0. The van der Waals surface area contributed by atoms with Gasteiger partial charge in [-0.2, -0.15) is 13.2 Å². The molecule has 1 fully saturated rings. The van der Waals surface area contributed by atoms with Gasteiger partial charge in [-0.3, -0.25) is 23.9 Å². The van der Waals surface area contributed by atoms with Crippen LogP contribution in [0.25, 0.3) is 5.69 Å². The second-order valence-corrected chi connectivity index (χ2v) is 8.18. The van der Waals surface area contributed by atoms with Crippen LogP contribution < -0.4 is 11.2 Å². The number of aliphatic imine (C=N–C) groups is 1. The first kappa shape index (κ1) is 26.0. The number of amidine groups is 1. The molecule has 0 spiro atoms. The maximum atomic E-state index is 14.7. The highest BCUT2D eigenvalue weighted by Gasteiger charge is 2.35. The van der Waals surface area contributed by atoms with Crippen molar-refractivity contribution < 1.29 is 31.9 Å². The predicted octanol–water partition coefficient (Wildman–Crippen LogP) is 2.09. The summed E-state index contributed by atoms with van der Waals surface area (Å²) in [7, 11) is 0.772. The Morgan fingerprint density at radius 1 is 1.29 bits per heavy atom. The number of amides is 1. The van der Waals surface area contributed by atoms with Crippen molar-refractivity contribution in [3.05, 3.63) is 55.6 Å². The van der Waals surface area contributed by atoms with E-state index in [9.17, 15) is 36.7 Å². The Bertz CT molecular complexity index is 1410. The number of alkyl halides is 3. The van der Waals surface area contributed by atoms with Crippen molar-refractivity contribution in [2.24, 2.45) is 12.0 Å². The van der Waals surface area contributed by atoms with Gasteiger partial charge in [-0.05, 0) is 12.1 Å². The molecule has 35 heavy (non-hydrogen) atoms. The van der Waals surface area contributed by atoms with Crippen molar-refractivity contribution in [3.63, 3.8) is 0 Å². The summed E-state index contributed by atoms with van der Waals surface area (Å²) in [5, 5.41) is -0.329. The first-order chi connectivity index (χ1) is 16.3. The highest BCUT2D eigenvalue weighted by molar-refractivity contribution is 8.15. The fourth-order valence-electron chi connectivity index (χ4n) is 2.94. The molecule has 15 heteroatoms. The Balaban J connectivity index is 2.09. The molecule has 0 unspecified atom stereocenters. The minimum absolute atomic E-state index is 0.0280. The summed E-state index contributed by atoms with van der Waals surface area (Å²) in [6.07, 6.45) is 0.00705. The maximum Gasteiger partial charge on any atom is 0.431 e. The second-order valence-electron chi connectivity index (χ2n) is 6.83. The number of carbonyl (C=O) groups is 2. The van der Waals surface area contributed by atoms with Crippen molar-refractivity contribution in [2.75, 3.05) is 18.9 Å². The minimum atomic E-state index is -5.00. The number of carbonyl (C=O) groups excluding carboxylic acids is 2. The van der Waals surface area contributed by atoms with Crippen LogP contribution in [0, 0.1) is 18.2 Å². The van der Waals surface area contributed by atoms with Crippen LogP contribution in [0.2, 0.25) is 5.02 Å². The number of ether oxygens (including phenoxy) is 1. The van der Waals surface area contributed by atoms with Crippen molar-refractivity contribution in [2.45, 2.75) is 6.18 Å². The zero-order valence-electron chi connectivity index (χ0n) is 17.6. The van der Waals surface area contributed by atoms with Crippen LogP contribution >= 0.6 is 23.4 Å². The van der Waals surface area contributed by atoms with Crippen LogP contribution in [0.3, 0.4) is 0 Å². The van der Waals surface area contributed by atoms with Gasteiger partial charge >= 0.3 is 17.8 Å². The number of rotatable bonds is 5. The fourth-order valence-corrected chi connectivity index (χ4v) is 4.03. The van der Waals surface area contributed by atoms with E-state index < -0.39 is 53.0 Å². The molecule has 3 rings (SSSR count). The Labute approximate surface area is 202 Å². The Hall–Kier alpha value is -3.57. The van der Waals surface area contributed by atoms with Crippen molar-refractivity contribution in [1.82, 2.24) is 14.0 Å². The van der Waals surface area contributed by atoms with Gasteiger partial charge in [-0.25, -0.2) is 18.7 Å². The van der Waals surface area contributed by atoms with Crippen molar-refractivity contribution >= 4 is 46.1 Å². The standard InChI is InChI=1S/C20H13ClF4N4O5S/c1-3-4-34-17(32)8-28-16(31)9-35-18(28)26-12-6-13(11(22)5-10(12)21)29-15(30)7-14(20(23,24)25)27(2)19(29)33/h1,5-7H,4,8-9H2,2H3. The molecule has 1 amide bonds. The third-order valence-electron chi connectivity index (χ3n) is 4.54. The zero-order chi connectivity index (χ0) is 26.1. The molecule has 0 saturated carbocycles. The lowest BCUT2D eigenvalue weighted by Crippen LogP contribution is -2.41. The third kappa shape index (κ3) is 5.41. The van der Waals surface area contributed by atoms with Gasteiger partial charge in [0.05, 0.1) is 22.2 Å². The number of aromatic nitrogens is 2. The average molecular weight is 533 g/mol. The molecule has 0 atom stereocenters. The van der Waals surface area contributed by atoms with Crippen molar-refractivity contribution in [3.8, 4) is 18.0 Å². The molecule has 1 aromatic heterocycles. The van der Waals surface area contributed by atoms with Gasteiger partial charge in [0, 0.05) is 13.1 Å². The van der Waals surface area contributed by atoms with Crippen LogP contribution in [-0.4, -0.2) is 50.0 Å². The molecule has 1 aromatic carbocycles. The number of esters is 1. The van der Waals surface area contributed by atoms with Gasteiger partial charge in [-0.1, -0.05) is 29.3 Å². The Morgan fingerprint density at radius 3 is 2.60 bits per heavy atom. The first-order valence-electron chi connectivity index (χ1n) is 9.35. The molecule has 184 valence electrons. The number of hydrogen-bond acceptors (Lipinski definition) is 7. The smallest absolute Gasteiger partial charge is 0.431 e. The summed E-state index contributed by atoms with van der Waals surface area (Å²) >= 11 is 6.94. The van der Waals surface area contributed by atoms with Gasteiger partial charge in [-0.15, -0.1) is 6.42 Å². The largest absolute Gasteiger partial charge is 0.451 e. The fraction of sp³-hybridized carbons (Fsp3) is 0.250. The van der Waals surface area contributed by atoms with E-state index in [0.717, 1.165) is 29.8 Å². The van der Waals surface area contributed by atoms with E-state index in [-0.39, 0.29) is 43.4 Å². The molecule has 0 aliphatic carbocycles. The molecule has 0 N–H and O–H groups in total. The molecular weight excluding hydrogens is 520 g/mol. The van der Waals surface area contributed by atoms with Crippen LogP contribution in [0.5, 0.6) is 0 Å². The minimum Gasteiger partial charge on any atom is -0.451 e. The highest BCUT2D eigenvalue weighted by atomic mass is 35.5. The molecule has 2 heterocycles. The molecule has 9 nitrogen and oxygen atoms in total. The number of benzene rings is 1. The predicted molar refractivity (Wildman–Crippen MR) is 118 cm³/mol. The van der Waals surface area contributed by atoms with E-state index in [1.54, 1.807) is 0 Å². The average Bonchev–Trinajstić information content (AvgIpc) is 3.10. The Kier molecular flexibility index (Phi) is 7.41. The van der Waals surface area contributed by atoms with Gasteiger partial charge in [0.2, 0.25) is 5.91 Å². The normalized spacial score (nSPS) is 14.9. The monoisotopic (exact) mass is 532 g/mol. The highest BCUT2D eigenvalue weighted by Crippen LogP contribution is 2.32. The van der Waals surface area contributed by atoms with E-state index in [0.29, 0.717) is 6.07 Å². The second kappa shape index (κ2) is 9.96. The van der Waals surface area contributed by atoms with Crippen LogP contribution in [0.4, 0.5) is 23.2 Å². The van der Waals surface area contributed by atoms with Gasteiger partial charge in [0.1, 0.15) is 18.1 Å². The summed E-state index contributed by atoms with van der Waals surface area (Å²) in [5.74, 6) is -0.515. The summed E-state index contributed by atoms with van der Waals surface area (Å²) in [6, 6.07) is 1.71. The lowest BCUT2D eigenvalue weighted by atomic mass is 10.2. The molecule has 0 radical (unpaired) electrons. The number of nitrogens with zero attached hydrogens (tertiary/aromatic N) is 4. The molecule has 1 aliphatic rings. The van der Waals surface area contributed by atoms with Crippen LogP contribution in [0.1, 0.15) is 5.69 Å². The first-order valence-corrected chi connectivity index (χ1v) is 10.7. The van der Waals surface area contributed by atoms with Crippen LogP contribution in [-0.2, 0) is 27.5 Å². The molecule has 1 aliphatic heterocycles. The van der Waals surface area contributed by atoms with E-state index in [1.807, 2.05) is 0 Å². The van der Waals surface area contributed by atoms with Gasteiger partial charge < -0.3 is 4.74 Å². The SMILES string of the molecule is C#CCOC(=O)CN1C(=O)CSC1=Nc1cc(-n2c(=O)cc(C(F)(F)F)n(C)c2=O)c(F)cc1Cl. The van der Waals surface area contributed by atoms with E-state index in [4.69, 9.17) is 22.8 Å². The quantitative estimate of drug-likeness (QED) is 0.332. The number of terminal acetylenes is 1. The lowest BCUT2D eigenvalue weighted by Gasteiger charge is -2.16. The lowest BCUT2D eigenvalue weighted by molar-refractivity contribution is -0.145. The van der Waals surface area contributed by atoms with E-state index >= 15 is 0 Å². The summed E-state index contributed by atoms with van der Waals surface area (Å²) in [4.78, 5) is 54.0. The zero-order valence-corrected chi connectivity index (χ0v) is 19.1.